The topological polar surface area (TPSA) is 86.1 Å². The maximum atomic E-state index is 5.44. The van der Waals surface area contributed by atoms with E-state index >= 15 is 0 Å². The highest BCUT2D eigenvalue weighted by molar-refractivity contribution is 5.89. The van der Waals surface area contributed by atoms with E-state index in [1.54, 1.807) is 20.5 Å². The lowest BCUT2D eigenvalue weighted by atomic mass is 10.1. The molecule has 26 heavy (non-hydrogen) atoms. The average molecular weight is 354 g/mol. The first-order valence-electron chi connectivity index (χ1n) is 8.68. The second-order valence-electron chi connectivity index (χ2n) is 6.22. The minimum Gasteiger partial charge on any atom is -0.497 e. The van der Waals surface area contributed by atoms with Crippen molar-refractivity contribution in [3.05, 3.63) is 30.7 Å². The maximum absolute atomic E-state index is 5.44. The number of fused-ring (bicyclic) bond motifs is 1. The van der Waals surface area contributed by atoms with Crippen LogP contribution in [0.3, 0.4) is 0 Å². The van der Waals surface area contributed by atoms with Crippen LogP contribution in [0.4, 0.5) is 11.5 Å². The van der Waals surface area contributed by atoms with Crippen LogP contribution in [0, 0.1) is 0 Å². The molecule has 8 nitrogen and oxygen atoms in total. The highest BCUT2D eigenvalue weighted by Crippen LogP contribution is 2.33. The molecule has 0 radical (unpaired) electrons. The molecule has 1 aromatic carbocycles. The van der Waals surface area contributed by atoms with Crippen LogP contribution in [0.15, 0.2) is 30.7 Å². The number of hydrogen-bond donors (Lipinski definition) is 2. The summed E-state index contributed by atoms with van der Waals surface area (Å²) < 4.78 is 12.8. The molecule has 136 valence electrons. The molecular weight excluding hydrogens is 332 g/mol. The summed E-state index contributed by atoms with van der Waals surface area (Å²) in [6.07, 6.45) is 5.49. The Morgan fingerprint density at radius 3 is 2.77 bits per heavy atom. The SMILES string of the molecule is COc1ccc(OC)c(Nc2ncnc3c2cnn3C2CCNCC2)c1. The third-order valence-corrected chi connectivity index (χ3v) is 4.71. The Morgan fingerprint density at radius 1 is 1.15 bits per heavy atom. The van der Waals surface area contributed by atoms with Gasteiger partial charge in [0.15, 0.2) is 5.65 Å². The van der Waals surface area contributed by atoms with Crippen molar-refractivity contribution in [2.24, 2.45) is 0 Å². The number of anilines is 2. The molecule has 3 heterocycles. The summed E-state index contributed by atoms with van der Waals surface area (Å²) in [7, 11) is 3.27. The largest absolute Gasteiger partial charge is 0.497 e. The van der Waals surface area contributed by atoms with Crippen LogP contribution in [0.1, 0.15) is 18.9 Å². The van der Waals surface area contributed by atoms with Gasteiger partial charge in [0, 0.05) is 6.07 Å². The fourth-order valence-corrected chi connectivity index (χ4v) is 3.32. The van der Waals surface area contributed by atoms with E-state index in [4.69, 9.17) is 9.47 Å². The van der Waals surface area contributed by atoms with Crippen molar-refractivity contribution in [3.63, 3.8) is 0 Å². The van der Waals surface area contributed by atoms with Gasteiger partial charge >= 0.3 is 0 Å². The summed E-state index contributed by atoms with van der Waals surface area (Å²) in [5.41, 5.74) is 1.62. The summed E-state index contributed by atoms with van der Waals surface area (Å²) in [6, 6.07) is 5.96. The number of nitrogens with zero attached hydrogens (tertiary/aromatic N) is 4. The highest BCUT2D eigenvalue weighted by Gasteiger charge is 2.20. The van der Waals surface area contributed by atoms with Gasteiger partial charge in [0.1, 0.15) is 23.6 Å². The van der Waals surface area contributed by atoms with Crippen molar-refractivity contribution in [1.29, 1.82) is 0 Å². The summed E-state index contributed by atoms with van der Waals surface area (Å²) in [5.74, 6) is 2.15. The number of piperidine rings is 1. The van der Waals surface area contributed by atoms with Gasteiger partial charge in [0.2, 0.25) is 0 Å². The smallest absolute Gasteiger partial charge is 0.163 e. The maximum Gasteiger partial charge on any atom is 0.163 e. The van der Waals surface area contributed by atoms with Gasteiger partial charge < -0.3 is 20.1 Å². The van der Waals surface area contributed by atoms with Crippen LogP contribution in [0.2, 0.25) is 0 Å². The standard InChI is InChI=1S/C18H22N6O2/c1-25-13-3-4-16(26-2)15(9-13)23-17-14-10-22-24(18(14)21-11-20-17)12-5-7-19-8-6-12/h3-4,9-12,19H,5-8H2,1-2H3,(H,20,21,23). The molecule has 0 spiro atoms. The van der Waals surface area contributed by atoms with Crippen molar-refractivity contribution in [1.82, 2.24) is 25.1 Å². The molecular formula is C18H22N6O2. The number of ether oxygens (including phenoxy) is 2. The lowest BCUT2D eigenvalue weighted by Gasteiger charge is -2.23. The van der Waals surface area contributed by atoms with E-state index in [2.05, 4.69) is 25.7 Å². The van der Waals surface area contributed by atoms with E-state index in [1.807, 2.05) is 29.1 Å². The van der Waals surface area contributed by atoms with Crippen molar-refractivity contribution in [2.75, 3.05) is 32.6 Å². The first-order chi connectivity index (χ1) is 12.8. The number of hydrogen-bond acceptors (Lipinski definition) is 7. The number of nitrogens with one attached hydrogen (secondary N) is 2. The molecule has 0 saturated carbocycles. The monoisotopic (exact) mass is 354 g/mol. The van der Waals surface area contributed by atoms with Gasteiger partial charge in [-0.05, 0) is 38.1 Å². The molecule has 1 fully saturated rings. The van der Waals surface area contributed by atoms with Gasteiger partial charge in [-0.25, -0.2) is 14.6 Å². The van der Waals surface area contributed by atoms with Crippen molar-refractivity contribution in [2.45, 2.75) is 18.9 Å². The van der Waals surface area contributed by atoms with E-state index in [0.29, 0.717) is 17.6 Å². The second-order valence-corrected chi connectivity index (χ2v) is 6.22. The Hall–Kier alpha value is -2.87. The second kappa shape index (κ2) is 7.17. The first kappa shape index (κ1) is 16.6. The zero-order valence-electron chi connectivity index (χ0n) is 14.9. The van der Waals surface area contributed by atoms with E-state index in [-0.39, 0.29) is 0 Å². The number of aromatic nitrogens is 4. The van der Waals surface area contributed by atoms with E-state index < -0.39 is 0 Å². The van der Waals surface area contributed by atoms with Gasteiger partial charge in [-0.1, -0.05) is 0 Å². The Labute approximate surface area is 151 Å². The van der Waals surface area contributed by atoms with Crippen molar-refractivity contribution < 1.29 is 9.47 Å². The zero-order valence-corrected chi connectivity index (χ0v) is 14.9. The summed E-state index contributed by atoms with van der Waals surface area (Å²) in [5, 5.41) is 12.2. The number of methoxy groups -OCH3 is 2. The van der Waals surface area contributed by atoms with Gasteiger partial charge in [-0.3, -0.25) is 0 Å². The quantitative estimate of drug-likeness (QED) is 0.728. The number of rotatable bonds is 5. The Balaban J connectivity index is 1.70. The molecule has 1 aliphatic heterocycles. The molecule has 8 heteroatoms. The normalized spacial score (nSPS) is 15.2. The fourth-order valence-electron chi connectivity index (χ4n) is 3.32. The van der Waals surface area contributed by atoms with Crippen molar-refractivity contribution in [3.8, 4) is 11.5 Å². The molecule has 4 rings (SSSR count). The van der Waals surface area contributed by atoms with Gasteiger partial charge in [-0.2, -0.15) is 5.10 Å². The van der Waals surface area contributed by atoms with Crippen LogP contribution in [0.25, 0.3) is 11.0 Å². The summed E-state index contributed by atoms with van der Waals surface area (Å²) in [6.45, 7) is 2.01. The molecule has 1 aliphatic rings. The molecule has 0 unspecified atom stereocenters. The van der Waals surface area contributed by atoms with Gasteiger partial charge in [-0.15, -0.1) is 0 Å². The molecule has 0 bridgehead atoms. The predicted molar refractivity (Wildman–Crippen MR) is 99.3 cm³/mol. The molecule has 2 N–H and O–H groups in total. The van der Waals surface area contributed by atoms with Crippen LogP contribution < -0.4 is 20.1 Å². The molecule has 0 aliphatic carbocycles. The third-order valence-electron chi connectivity index (χ3n) is 4.71. The highest BCUT2D eigenvalue weighted by atomic mass is 16.5. The Bertz CT molecular complexity index is 904. The minimum atomic E-state index is 0.364. The molecule has 0 amide bonds. The van der Waals surface area contributed by atoms with E-state index in [9.17, 15) is 0 Å². The van der Waals surface area contributed by atoms with Gasteiger partial charge in [0.25, 0.3) is 0 Å². The van der Waals surface area contributed by atoms with Crippen LogP contribution in [-0.2, 0) is 0 Å². The molecule has 0 atom stereocenters. The van der Waals surface area contributed by atoms with E-state index in [0.717, 1.165) is 48.4 Å². The Morgan fingerprint density at radius 2 is 2.00 bits per heavy atom. The summed E-state index contributed by atoms with van der Waals surface area (Å²) >= 11 is 0. The first-order valence-corrected chi connectivity index (χ1v) is 8.68. The fraction of sp³-hybridized carbons (Fsp3) is 0.389. The number of benzene rings is 1. The third kappa shape index (κ3) is 3.03. The van der Waals surface area contributed by atoms with E-state index in [1.165, 1.54) is 0 Å². The lowest BCUT2D eigenvalue weighted by molar-refractivity contribution is 0.349. The Kier molecular flexibility index (Phi) is 4.57. The van der Waals surface area contributed by atoms with Crippen LogP contribution in [-0.4, -0.2) is 47.1 Å². The van der Waals surface area contributed by atoms with Crippen molar-refractivity contribution >= 4 is 22.5 Å². The van der Waals surface area contributed by atoms with Crippen LogP contribution >= 0.6 is 0 Å². The minimum absolute atomic E-state index is 0.364. The molecule has 3 aromatic rings. The zero-order chi connectivity index (χ0) is 17.9. The van der Waals surface area contributed by atoms with Crippen LogP contribution in [0.5, 0.6) is 11.5 Å². The molecule has 2 aromatic heterocycles. The molecule has 1 saturated heterocycles. The lowest BCUT2D eigenvalue weighted by Crippen LogP contribution is -2.29. The van der Waals surface area contributed by atoms with Gasteiger partial charge in [0.05, 0.1) is 37.5 Å². The average Bonchev–Trinajstić information content (AvgIpc) is 3.14. The summed E-state index contributed by atoms with van der Waals surface area (Å²) in [4.78, 5) is 8.88. The predicted octanol–water partition coefficient (Wildman–Crippen LogP) is 2.51.